The molecular formula is C22H25O2-. The number of aliphatic carboxylic acids is 1. The maximum atomic E-state index is 11.9. The molecule has 0 amide bonds. The van der Waals surface area contributed by atoms with Crippen molar-refractivity contribution >= 4 is 5.97 Å². The molecule has 0 unspecified atom stereocenters. The molecule has 24 heavy (non-hydrogen) atoms. The van der Waals surface area contributed by atoms with Crippen LogP contribution in [0, 0.1) is 0 Å². The van der Waals surface area contributed by atoms with Crippen molar-refractivity contribution in [2.24, 2.45) is 0 Å². The van der Waals surface area contributed by atoms with Crippen LogP contribution in [0.4, 0.5) is 0 Å². The Bertz CT molecular complexity index is 753. The Morgan fingerprint density at radius 1 is 0.792 bits per heavy atom. The Morgan fingerprint density at radius 2 is 1.17 bits per heavy atom. The standard InChI is InChI=1S/C22H26O2/c1-21(2,3)13-7-9-15-16-10-8-14(22(4,5)6)12-18(16)19(20(23)24)17(15)11-13/h7-12,19H,1-6H3,(H,23,24)/p-1. The van der Waals surface area contributed by atoms with Gasteiger partial charge in [-0.15, -0.1) is 0 Å². The van der Waals surface area contributed by atoms with Gasteiger partial charge in [-0.25, -0.2) is 0 Å². The summed E-state index contributed by atoms with van der Waals surface area (Å²) < 4.78 is 0. The number of carbonyl (C=O) groups excluding carboxylic acids is 1. The van der Waals surface area contributed by atoms with E-state index >= 15 is 0 Å². The van der Waals surface area contributed by atoms with Gasteiger partial charge < -0.3 is 9.90 Å². The lowest BCUT2D eigenvalue weighted by Gasteiger charge is -2.23. The number of benzene rings is 2. The molecule has 0 atom stereocenters. The first-order valence-corrected chi connectivity index (χ1v) is 8.50. The largest absolute Gasteiger partial charge is 0.549 e. The molecule has 1 aliphatic rings. The summed E-state index contributed by atoms with van der Waals surface area (Å²) in [6, 6.07) is 12.4. The first kappa shape index (κ1) is 16.8. The van der Waals surface area contributed by atoms with Gasteiger partial charge in [-0.05, 0) is 44.2 Å². The first-order chi connectivity index (χ1) is 11.0. The number of hydrogen-bond acceptors (Lipinski definition) is 2. The van der Waals surface area contributed by atoms with Crippen LogP contribution in [-0.2, 0) is 15.6 Å². The lowest BCUT2D eigenvalue weighted by molar-refractivity contribution is -0.306. The number of carbonyl (C=O) groups is 1. The van der Waals surface area contributed by atoms with E-state index in [4.69, 9.17) is 0 Å². The molecule has 2 nitrogen and oxygen atoms in total. The normalized spacial score (nSPS) is 14.4. The molecule has 0 spiro atoms. The van der Waals surface area contributed by atoms with Gasteiger partial charge >= 0.3 is 0 Å². The Morgan fingerprint density at radius 3 is 1.46 bits per heavy atom. The number of carboxylic acids is 1. The maximum absolute atomic E-state index is 11.9. The quantitative estimate of drug-likeness (QED) is 0.792. The number of hydrogen-bond donors (Lipinski definition) is 0. The Labute approximate surface area is 144 Å². The predicted molar refractivity (Wildman–Crippen MR) is 96.1 cm³/mol. The van der Waals surface area contributed by atoms with E-state index in [0.717, 1.165) is 33.4 Å². The highest BCUT2D eigenvalue weighted by atomic mass is 16.4. The molecule has 0 bridgehead atoms. The third kappa shape index (κ3) is 2.64. The van der Waals surface area contributed by atoms with E-state index in [1.807, 2.05) is 12.1 Å². The van der Waals surface area contributed by atoms with Crippen molar-refractivity contribution in [3.63, 3.8) is 0 Å². The van der Waals surface area contributed by atoms with Crippen molar-refractivity contribution in [1.29, 1.82) is 0 Å². The number of rotatable bonds is 1. The lowest BCUT2D eigenvalue weighted by Crippen LogP contribution is -2.29. The van der Waals surface area contributed by atoms with Crippen molar-refractivity contribution in [2.75, 3.05) is 0 Å². The van der Waals surface area contributed by atoms with Crippen LogP contribution in [-0.4, -0.2) is 5.97 Å². The van der Waals surface area contributed by atoms with Gasteiger partial charge in [-0.2, -0.15) is 0 Å². The molecule has 0 fully saturated rings. The summed E-state index contributed by atoms with van der Waals surface area (Å²) in [5, 5.41) is 11.9. The third-order valence-electron chi connectivity index (χ3n) is 4.98. The van der Waals surface area contributed by atoms with Crippen LogP contribution in [0.3, 0.4) is 0 Å². The van der Waals surface area contributed by atoms with Crippen LogP contribution in [0.15, 0.2) is 36.4 Å². The van der Waals surface area contributed by atoms with Gasteiger partial charge in [0.15, 0.2) is 0 Å². The smallest absolute Gasteiger partial charge is 0.0533 e. The fraction of sp³-hybridized carbons (Fsp3) is 0.409. The minimum atomic E-state index is -1.02. The lowest BCUT2D eigenvalue weighted by atomic mass is 9.83. The van der Waals surface area contributed by atoms with Gasteiger partial charge in [0.1, 0.15) is 0 Å². The zero-order valence-corrected chi connectivity index (χ0v) is 15.4. The molecule has 1 aliphatic carbocycles. The number of fused-ring (bicyclic) bond motifs is 3. The van der Waals surface area contributed by atoms with Gasteiger partial charge in [0, 0.05) is 5.92 Å². The van der Waals surface area contributed by atoms with Gasteiger partial charge in [-0.3, -0.25) is 0 Å². The highest BCUT2D eigenvalue weighted by molar-refractivity contribution is 5.92. The molecule has 0 radical (unpaired) electrons. The van der Waals surface area contributed by atoms with E-state index < -0.39 is 11.9 Å². The van der Waals surface area contributed by atoms with Crippen molar-refractivity contribution in [3.8, 4) is 11.1 Å². The summed E-state index contributed by atoms with van der Waals surface area (Å²) in [5.41, 5.74) is 6.04. The summed E-state index contributed by atoms with van der Waals surface area (Å²) in [7, 11) is 0. The molecule has 0 N–H and O–H groups in total. The van der Waals surface area contributed by atoms with Crippen molar-refractivity contribution in [1.82, 2.24) is 0 Å². The van der Waals surface area contributed by atoms with E-state index in [-0.39, 0.29) is 10.8 Å². The fourth-order valence-corrected chi connectivity index (χ4v) is 3.45. The zero-order valence-electron chi connectivity index (χ0n) is 15.4. The second kappa shape index (κ2) is 5.20. The molecule has 2 aromatic carbocycles. The molecule has 0 aromatic heterocycles. The van der Waals surface area contributed by atoms with Gasteiger partial charge in [0.25, 0.3) is 0 Å². The summed E-state index contributed by atoms with van der Waals surface area (Å²) >= 11 is 0. The highest BCUT2D eigenvalue weighted by Crippen LogP contribution is 2.47. The summed E-state index contributed by atoms with van der Waals surface area (Å²) in [5.74, 6) is -1.70. The monoisotopic (exact) mass is 321 g/mol. The second-order valence-electron chi connectivity index (χ2n) is 8.86. The molecule has 3 rings (SSSR count). The van der Waals surface area contributed by atoms with Crippen molar-refractivity contribution in [3.05, 3.63) is 58.7 Å². The SMILES string of the molecule is CC(C)(C)c1ccc2c(c1)C(C(=O)[O-])c1cc(C(C)(C)C)ccc1-2. The van der Waals surface area contributed by atoms with Crippen LogP contribution in [0.2, 0.25) is 0 Å². The average molecular weight is 321 g/mol. The first-order valence-electron chi connectivity index (χ1n) is 8.50. The predicted octanol–water partition coefficient (Wildman–Crippen LogP) is 4.14. The minimum Gasteiger partial charge on any atom is -0.549 e. The maximum Gasteiger partial charge on any atom is 0.0533 e. The fourth-order valence-electron chi connectivity index (χ4n) is 3.45. The number of carboxylic acid groups (broad SMARTS) is 1. The van der Waals surface area contributed by atoms with E-state index in [1.165, 1.54) is 0 Å². The molecule has 126 valence electrons. The molecule has 0 saturated carbocycles. The van der Waals surface area contributed by atoms with Gasteiger partial charge in [0.2, 0.25) is 0 Å². The van der Waals surface area contributed by atoms with Crippen LogP contribution in [0.1, 0.15) is 69.7 Å². The Balaban J connectivity index is 2.23. The molecule has 0 heterocycles. The topological polar surface area (TPSA) is 40.1 Å². The van der Waals surface area contributed by atoms with E-state index in [9.17, 15) is 9.90 Å². The zero-order chi connectivity index (χ0) is 17.9. The van der Waals surface area contributed by atoms with E-state index in [0.29, 0.717) is 0 Å². The van der Waals surface area contributed by atoms with Crippen molar-refractivity contribution < 1.29 is 9.90 Å². The molecule has 2 heteroatoms. The van der Waals surface area contributed by atoms with Gasteiger partial charge in [0.05, 0.1) is 5.97 Å². The summed E-state index contributed by atoms with van der Waals surface area (Å²) in [4.78, 5) is 11.9. The van der Waals surface area contributed by atoms with Gasteiger partial charge in [-0.1, -0.05) is 77.9 Å². The average Bonchev–Trinajstić information content (AvgIpc) is 2.78. The van der Waals surface area contributed by atoms with Crippen LogP contribution < -0.4 is 5.11 Å². The Hall–Kier alpha value is -2.09. The van der Waals surface area contributed by atoms with E-state index in [1.54, 1.807) is 0 Å². The minimum absolute atomic E-state index is 0.0170. The Kier molecular flexibility index (Phi) is 3.63. The third-order valence-corrected chi connectivity index (χ3v) is 4.98. The summed E-state index contributed by atoms with van der Waals surface area (Å²) in [6.45, 7) is 12.8. The van der Waals surface area contributed by atoms with Crippen LogP contribution in [0.25, 0.3) is 11.1 Å². The van der Waals surface area contributed by atoms with Crippen LogP contribution in [0.5, 0.6) is 0 Å². The highest BCUT2D eigenvalue weighted by Gasteiger charge is 2.32. The van der Waals surface area contributed by atoms with E-state index in [2.05, 4.69) is 65.8 Å². The molecule has 0 saturated heterocycles. The van der Waals surface area contributed by atoms with Crippen molar-refractivity contribution in [2.45, 2.75) is 58.3 Å². The molecule has 2 aromatic rings. The molecular weight excluding hydrogens is 296 g/mol. The second-order valence-corrected chi connectivity index (χ2v) is 8.86. The van der Waals surface area contributed by atoms with Crippen LogP contribution >= 0.6 is 0 Å². The molecule has 0 aliphatic heterocycles. The summed E-state index contributed by atoms with van der Waals surface area (Å²) in [6.07, 6.45) is 0.